The van der Waals surface area contributed by atoms with E-state index in [0.717, 1.165) is 29.7 Å². The van der Waals surface area contributed by atoms with Crippen molar-refractivity contribution in [2.75, 3.05) is 13.1 Å². The summed E-state index contributed by atoms with van der Waals surface area (Å²) in [5.41, 5.74) is 1.22. The molecule has 0 amide bonds. The normalized spacial score (nSPS) is 59.1. The summed E-state index contributed by atoms with van der Waals surface area (Å²) in [7, 11) is 0. The number of likely N-dealkylation sites (tertiary alicyclic amines) is 1. The van der Waals surface area contributed by atoms with Crippen molar-refractivity contribution in [3.63, 3.8) is 0 Å². The molecule has 0 aromatic heterocycles. The maximum atomic E-state index is 6.35. The van der Waals surface area contributed by atoms with Crippen molar-refractivity contribution in [2.45, 2.75) is 103 Å². The SMILES string of the molecule is C[C@@]12CCCC1C1CCC3CC4OC4C(N4CCCCC4)[C@]3(C)C1CC2. The third-order valence-electron chi connectivity index (χ3n) is 10.6. The summed E-state index contributed by atoms with van der Waals surface area (Å²) in [6.07, 6.45) is 17.5. The molecule has 2 aliphatic heterocycles. The highest BCUT2D eigenvalue weighted by molar-refractivity contribution is 5.17. The van der Waals surface area contributed by atoms with Crippen LogP contribution in [0, 0.1) is 34.5 Å². The maximum Gasteiger partial charge on any atom is 0.100 e. The number of hydrogen-bond donors (Lipinski definition) is 0. The van der Waals surface area contributed by atoms with Crippen molar-refractivity contribution in [3.8, 4) is 0 Å². The molecule has 6 fully saturated rings. The molecule has 2 nitrogen and oxygen atoms in total. The monoisotopic (exact) mass is 357 g/mol. The largest absolute Gasteiger partial charge is 0.368 e. The molecule has 2 heteroatoms. The quantitative estimate of drug-likeness (QED) is 0.595. The van der Waals surface area contributed by atoms with Crippen molar-refractivity contribution in [2.24, 2.45) is 34.5 Å². The minimum atomic E-state index is 0.530. The van der Waals surface area contributed by atoms with E-state index in [1.54, 1.807) is 0 Å². The molecule has 6 rings (SSSR count). The summed E-state index contributed by atoms with van der Waals surface area (Å²) in [6, 6.07) is 0.741. The first-order valence-electron chi connectivity index (χ1n) is 12.0. The van der Waals surface area contributed by atoms with Gasteiger partial charge in [0.2, 0.25) is 0 Å². The van der Waals surface area contributed by atoms with Crippen molar-refractivity contribution in [1.29, 1.82) is 0 Å². The Labute approximate surface area is 160 Å². The molecule has 0 spiro atoms. The summed E-state index contributed by atoms with van der Waals surface area (Å²) in [4.78, 5) is 2.92. The summed E-state index contributed by atoms with van der Waals surface area (Å²) in [5, 5.41) is 0. The van der Waals surface area contributed by atoms with Crippen molar-refractivity contribution in [3.05, 3.63) is 0 Å². The third-order valence-corrected chi connectivity index (χ3v) is 10.6. The van der Waals surface area contributed by atoms with Crippen LogP contribution in [0.1, 0.15) is 84.5 Å². The lowest BCUT2D eigenvalue weighted by Gasteiger charge is -2.63. The molecule has 2 heterocycles. The van der Waals surface area contributed by atoms with Crippen LogP contribution in [0.15, 0.2) is 0 Å². The second kappa shape index (κ2) is 5.72. The van der Waals surface area contributed by atoms with Crippen LogP contribution in [-0.4, -0.2) is 36.2 Å². The Kier molecular flexibility index (Phi) is 3.71. The lowest BCUT2D eigenvalue weighted by atomic mass is 9.44. The van der Waals surface area contributed by atoms with Gasteiger partial charge in [-0.05, 0) is 105 Å². The van der Waals surface area contributed by atoms with Crippen LogP contribution < -0.4 is 0 Å². The van der Waals surface area contributed by atoms with Crippen LogP contribution in [0.3, 0.4) is 0 Å². The van der Waals surface area contributed by atoms with Crippen LogP contribution in [0.5, 0.6) is 0 Å². The molecule has 4 saturated carbocycles. The molecule has 146 valence electrons. The number of nitrogens with zero attached hydrogens (tertiary/aromatic N) is 1. The van der Waals surface area contributed by atoms with Gasteiger partial charge in [0.15, 0.2) is 0 Å². The molecule has 2 saturated heterocycles. The van der Waals surface area contributed by atoms with E-state index in [1.807, 2.05) is 0 Å². The van der Waals surface area contributed by atoms with Gasteiger partial charge in [-0.2, -0.15) is 0 Å². The second-order valence-corrected chi connectivity index (χ2v) is 11.5. The van der Waals surface area contributed by atoms with Crippen molar-refractivity contribution < 1.29 is 4.74 Å². The molecule has 0 N–H and O–H groups in total. The van der Waals surface area contributed by atoms with Gasteiger partial charge in [0, 0.05) is 6.04 Å². The minimum Gasteiger partial charge on any atom is -0.368 e. The van der Waals surface area contributed by atoms with Gasteiger partial charge in [0.05, 0.1) is 6.10 Å². The lowest BCUT2D eigenvalue weighted by molar-refractivity contribution is -0.139. The van der Waals surface area contributed by atoms with E-state index in [1.165, 1.54) is 83.7 Å². The van der Waals surface area contributed by atoms with E-state index < -0.39 is 0 Å². The van der Waals surface area contributed by atoms with Gasteiger partial charge in [-0.1, -0.05) is 26.7 Å². The standard InChI is InChI=1S/C24H39NO/c1-23-11-6-7-18(23)17-9-8-16-15-20-21(26-20)22(25-13-4-3-5-14-25)24(16,2)19(17)10-12-23/h16-22H,3-15H2,1-2H3/t16?,17?,18?,19?,20?,21?,22?,23-,24-/m0/s1. The first kappa shape index (κ1) is 16.8. The van der Waals surface area contributed by atoms with Crippen molar-refractivity contribution in [1.82, 2.24) is 4.90 Å². The predicted octanol–water partition coefficient (Wildman–Crippen LogP) is 5.26. The maximum absolute atomic E-state index is 6.35. The first-order chi connectivity index (χ1) is 12.6. The Hall–Kier alpha value is -0.0800. The molecule has 9 atom stereocenters. The van der Waals surface area contributed by atoms with Crippen LogP contribution in [0.2, 0.25) is 0 Å². The fraction of sp³-hybridized carbons (Fsp3) is 1.00. The van der Waals surface area contributed by atoms with Crippen molar-refractivity contribution >= 4 is 0 Å². The number of fused-ring (bicyclic) bond motifs is 6. The molecular weight excluding hydrogens is 318 g/mol. The molecule has 7 unspecified atom stereocenters. The fourth-order valence-electron chi connectivity index (χ4n) is 9.35. The van der Waals surface area contributed by atoms with Gasteiger partial charge < -0.3 is 4.74 Å². The molecule has 0 aromatic rings. The number of piperidine rings is 1. The van der Waals surface area contributed by atoms with Crippen LogP contribution in [-0.2, 0) is 4.74 Å². The van der Waals surface area contributed by atoms with Gasteiger partial charge in [0.1, 0.15) is 6.10 Å². The van der Waals surface area contributed by atoms with E-state index in [-0.39, 0.29) is 0 Å². The average molecular weight is 358 g/mol. The molecule has 0 radical (unpaired) electrons. The highest BCUT2D eigenvalue weighted by Gasteiger charge is 2.67. The van der Waals surface area contributed by atoms with Gasteiger partial charge in [0.25, 0.3) is 0 Å². The number of hydrogen-bond acceptors (Lipinski definition) is 2. The Morgan fingerprint density at radius 3 is 2.54 bits per heavy atom. The Bertz CT molecular complexity index is 571. The van der Waals surface area contributed by atoms with Crippen LogP contribution in [0.25, 0.3) is 0 Å². The highest BCUT2D eigenvalue weighted by Crippen LogP contribution is 2.68. The fourth-order valence-corrected chi connectivity index (χ4v) is 9.35. The van der Waals surface area contributed by atoms with E-state index in [4.69, 9.17) is 4.74 Å². The van der Waals surface area contributed by atoms with Gasteiger partial charge in [-0.25, -0.2) is 0 Å². The molecule has 0 aromatic carbocycles. The highest BCUT2D eigenvalue weighted by atomic mass is 16.6. The van der Waals surface area contributed by atoms with E-state index >= 15 is 0 Å². The van der Waals surface area contributed by atoms with Crippen LogP contribution in [0.4, 0.5) is 0 Å². The second-order valence-electron chi connectivity index (χ2n) is 11.5. The van der Waals surface area contributed by atoms with Gasteiger partial charge in [-0.3, -0.25) is 4.90 Å². The third kappa shape index (κ3) is 2.18. The van der Waals surface area contributed by atoms with Crippen LogP contribution >= 0.6 is 0 Å². The zero-order valence-electron chi connectivity index (χ0n) is 17.1. The van der Waals surface area contributed by atoms with E-state index in [0.29, 0.717) is 23.0 Å². The molecule has 4 aliphatic carbocycles. The molecule has 0 bridgehead atoms. The zero-order chi connectivity index (χ0) is 17.5. The topological polar surface area (TPSA) is 15.8 Å². The Morgan fingerprint density at radius 1 is 0.846 bits per heavy atom. The summed E-state index contributed by atoms with van der Waals surface area (Å²) >= 11 is 0. The smallest absolute Gasteiger partial charge is 0.100 e. The van der Waals surface area contributed by atoms with E-state index in [2.05, 4.69) is 18.7 Å². The number of ether oxygens (including phenoxy) is 1. The molecule has 26 heavy (non-hydrogen) atoms. The Balaban J connectivity index is 1.37. The lowest BCUT2D eigenvalue weighted by Crippen LogP contribution is -2.64. The number of rotatable bonds is 1. The number of epoxide rings is 1. The van der Waals surface area contributed by atoms with Gasteiger partial charge in [-0.15, -0.1) is 0 Å². The average Bonchev–Trinajstić information content (AvgIpc) is 3.29. The predicted molar refractivity (Wildman–Crippen MR) is 105 cm³/mol. The zero-order valence-corrected chi connectivity index (χ0v) is 17.1. The summed E-state index contributed by atoms with van der Waals surface area (Å²) in [6.45, 7) is 8.10. The minimum absolute atomic E-state index is 0.530. The first-order valence-corrected chi connectivity index (χ1v) is 12.0. The van der Waals surface area contributed by atoms with E-state index in [9.17, 15) is 0 Å². The summed E-state index contributed by atoms with van der Waals surface area (Å²) < 4.78 is 6.35. The van der Waals surface area contributed by atoms with Gasteiger partial charge >= 0.3 is 0 Å². The summed E-state index contributed by atoms with van der Waals surface area (Å²) in [5.74, 6) is 3.98. The Morgan fingerprint density at radius 2 is 1.69 bits per heavy atom. The molecular formula is C24H39NO. The molecule has 6 aliphatic rings.